The zero-order chi connectivity index (χ0) is 12.9. The van der Waals surface area contributed by atoms with Crippen LogP contribution in [0.1, 0.15) is 40.0 Å². The van der Waals surface area contributed by atoms with Crippen LogP contribution in [0.15, 0.2) is 0 Å². The van der Waals surface area contributed by atoms with Gasteiger partial charge in [-0.15, -0.1) is 0 Å². The van der Waals surface area contributed by atoms with Crippen LogP contribution in [0.3, 0.4) is 0 Å². The quantitative estimate of drug-likeness (QED) is 0.697. The molecule has 0 fully saturated rings. The molecular weight excluding hydrogens is 348 g/mol. The monoisotopic (exact) mass is 364 g/mol. The van der Waals surface area contributed by atoms with Crippen LogP contribution in [0.5, 0.6) is 0 Å². The maximum Gasteiger partial charge on any atom is 0.303 e. The van der Waals surface area contributed by atoms with E-state index < -0.39 is 17.9 Å². The second-order valence-electron chi connectivity index (χ2n) is 2.24. The molecule has 0 aliphatic rings. The van der Waals surface area contributed by atoms with E-state index in [9.17, 15) is 14.4 Å². The van der Waals surface area contributed by atoms with Gasteiger partial charge in [0.1, 0.15) is 0 Å². The summed E-state index contributed by atoms with van der Waals surface area (Å²) in [6.45, 7) is 4.80. The molecule has 0 rings (SSSR count). The molecule has 7 heteroatoms. The number of carboxylic acids is 3. The van der Waals surface area contributed by atoms with Crippen LogP contribution in [-0.4, -0.2) is 33.2 Å². The molecule has 6 nitrogen and oxygen atoms in total. The van der Waals surface area contributed by atoms with Gasteiger partial charge in [0.05, 0.1) is 0 Å². The van der Waals surface area contributed by atoms with Gasteiger partial charge in [-0.2, -0.15) is 0 Å². The van der Waals surface area contributed by atoms with Crippen molar-refractivity contribution in [3.8, 4) is 0 Å². The normalized spacial score (nSPS) is 6.94. The summed E-state index contributed by atoms with van der Waals surface area (Å²) in [6.07, 6.45) is 0.667. The second-order valence-corrected chi connectivity index (χ2v) is 2.24. The van der Waals surface area contributed by atoms with E-state index in [1.807, 2.05) is 0 Å². The number of aliphatic carboxylic acids is 3. The fraction of sp³-hybridized carbons (Fsp3) is 0.667. The van der Waals surface area contributed by atoms with Gasteiger partial charge in [-0.1, -0.05) is 20.8 Å². The van der Waals surface area contributed by atoms with Crippen molar-refractivity contribution in [2.24, 2.45) is 0 Å². The van der Waals surface area contributed by atoms with Crippen molar-refractivity contribution in [1.29, 1.82) is 0 Å². The Morgan fingerprint density at radius 2 is 0.750 bits per heavy atom. The van der Waals surface area contributed by atoms with Gasteiger partial charge in [-0.25, -0.2) is 0 Å². The van der Waals surface area contributed by atoms with Crippen molar-refractivity contribution in [2.45, 2.75) is 40.0 Å². The van der Waals surface area contributed by atoms with Gasteiger partial charge in [0.15, 0.2) is 0 Å². The topological polar surface area (TPSA) is 112 Å². The zero-order valence-electron chi connectivity index (χ0n) is 9.69. The van der Waals surface area contributed by atoms with Gasteiger partial charge in [-0.3, -0.25) is 14.4 Å². The summed E-state index contributed by atoms with van der Waals surface area (Å²) < 4.78 is 0. The molecule has 0 aliphatic carbocycles. The van der Waals surface area contributed by atoms with E-state index in [1.165, 1.54) is 0 Å². The molecule has 0 heterocycles. The van der Waals surface area contributed by atoms with Crippen LogP contribution in [0.2, 0.25) is 0 Å². The largest absolute Gasteiger partial charge is 0.481 e. The van der Waals surface area contributed by atoms with E-state index in [2.05, 4.69) is 0 Å². The van der Waals surface area contributed by atoms with E-state index in [1.54, 1.807) is 20.8 Å². The molecule has 0 saturated carbocycles. The van der Waals surface area contributed by atoms with Crippen LogP contribution < -0.4 is 0 Å². The molecule has 0 amide bonds. The third kappa shape index (κ3) is 67.5. The summed E-state index contributed by atoms with van der Waals surface area (Å²) >= 11 is 0. The molecule has 0 bridgehead atoms. The summed E-state index contributed by atoms with van der Waals surface area (Å²) in [4.78, 5) is 28.1. The van der Waals surface area contributed by atoms with Crippen molar-refractivity contribution in [3.63, 3.8) is 0 Å². The zero-order valence-corrected chi connectivity index (χ0v) is 12.9. The summed E-state index contributed by atoms with van der Waals surface area (Å²) in [5, 5.41) is 23.2. The average molecular weight is 366 g/mol. The van der Waals surface area contributed by atoms with E-state index in [0.717, 1.165) is 0 Å². The van der Waals surface area contributed by atoms with E-state index in [0.29, 0.717) is 0 Å². The third-order valence-corrected chi connectivity index (χ3v) is 0.907. The fourth-order valence-corrected chi connectivity index (χ4v) is 0. The van der Waals surface area contributed by atoms with Gasteiger partial charge in [0.25, 0.3) is 0 Å². The molecule has 0 atom stereocenters. The van der Waals surface area contributed by atoms with E-state index >= 15 is 0 Å². The molecule has 0 aromatic heterocycles. The summed E-state index contributed by atoms with van der Waals surface area (Å²) in [7, 11) is 0. The van der Waals surface area contributed by atoms with Crippen LogP contribution in [-0.2, 0) is 14.4 Å². The van der Waals surface area contributed by atoms with Crippen LogP contribution >= 0.6 is 0 Å². The Bertz CT molecular complexity index is 159. The van der Waals surface area contributed by atoms with Crippen molar-refractivity contribution in [3.05, 3.63) is 0 Å². The predicted octanol–water partition coefficient (Wildman–Crippen LogP) is 1.44. The summed E-state index contributed by atoms with van der Waals surface area (Å²) in [5.74, 6) is -2.24. The molecule has 0 saturated heterocycles. The average Bonchev–Trinajstić information content (AvgIpc) is 2.19. The first-order valence-corrected chi connectivity index (χ1v) is 4.47. The Hall–Kier alpha value is -0.239. The van der Waals surface area contributed by atoms with Gasteiger partial charge < -0.3 is 15.3 Å². The first-order chi connectivity index (χ1) is 6.81. The first-order valence-electron chi connectivity index (χ1n) is 4.47. The third-order valence-electron chi connectivity index (χ3n) is 0.907. The standard InChI is InChI=1S/3C3H6O2.Nd/c3*1-2-3(4)5;/h3*2H2,1H3,(H,4,5);. The number of hydrogen-bond donors (Lipinski definition) is 3. The van der Waals surface area contributed by atoms with Crippen LogP contribution in [0, 0.1) is 40.8 Å². The van der Waals surface area contributed by atoms with E-state index in [-0.39, 0.29) is 60.1 Å². The van der Waals surface area contributed by atoms with Gasteiger partial charge >= 0.3 is 17.9 Å². The molecule has 0 aromatic carbocycles. The Morgan fingerprint density at radius 1 is 0.688 bits per heavy atom. The first kappa shape index (κ1) is 24.8. The second kappa shape index (κ2) is 20.2. The van der Waals surface area contributed by atoms with Gasteiger partial charge in [-0.05, 0) is 0 Å². The van der Waals surface area contributed by atoms with Crippen molar-refractivity contribution < 1.29 is 70.5 Å². The number of carboxylic acid groups (broad SMARTS) is 3. The van der Waals surface area contributed by atoms with Crippen LogP contribution in [0.4, 0.5) is 0 Å². The summed E-state index contributed by atoms with van der Waals surface area (Å²) in [5.41, 5.74) is 0. The number of hydrogen-bond acceptors (Lipinski definition) is 3. The molecule has 0 unspecified atom stereocenters. The van der Waals surface area contributed by atoms with Gasteiger partial charge in [0, 0.05) is 60.1 Å². The molecule has 0 radical (unpaired) electrons. The predicted molar refractivity (Wildman–Crippen MR) is 53.8 cm³/mol. The molecule has 0 spiro atoms. The summed E-state index contributed by atoms with van der Waals surface area (Å²) in [6, 6.07) is 0. The molecule has 16 heavy (non-hydrogen) atoms. The smallest absolute Gasteiger partial charge is 0.303 e. The Morgan fingerprint density at radius 3 is 0.750 bits per heavy atom. The van der Waals surface area contributed by atoms with Crippen molar-refractivity contribution in [2.75, 3.05) is 0 Å². The molecule has 0 aromatic rings. The number of rotatable bonds is 3. The minimum absolute atomic E-state index is 0. The Labute approximate surface area is 128 Å². The number of carbonyl (C=O) groups is 3. The Kier molecular flexibility index (Phi) is 31.4. The molecule has 0 aliphatic heterocycles. The van der Waals surface area contributed by atoms with Crippen molar-refractivity contribution in [1.82, 2.24) is 0 Å². The fourth-order valence-electron chi connectivity index (χ4n) is 0. The van der Waals surface area contributed by atoms with Crippen LogP contribution in [0.25, 0.3) is 0 Å². The van der Waals surface area contributed by atoms with E-state index in [4.69, 9.17) is 15.3 Å². The van der Waals surface area contributed by atoms with Crippen molar-refractivity contribution >= 4 is 17.9 Å². The maximum absolute atomic E-state index is 9.37. The minimum atomic E-state index is -0.745. The van der Waals surface area contributed by atoms with Gasteiger partial charge in [0.2, 0.25) is 0 Å². The SMILES string of the molecule is CCC(=O)O.CCC(=O)O.CCC(=O)O.[Nd]. The molecule has 3 N–H and O–H groups in total. The molecular formula is C9H18NdO6. The molecule has 94 valence electrons. The Balaban J connectivity index is -0.0000000655. The minimum Gasteiger partial charge on any atom is -0.481 e. The maximum atomic E-state index is 9.37.